The molecule has 1 amide bonds. The Balaban J connectivity index is 1.26. The van der Waals surface area contributed by atoms with E-state index >= 15 is 0 Å². The van der Waals surface area contributed by atoms with Crippen molar-refractivity contribution in [3.8, 4) is 16.9 Å². The first-order valence-electron chi connectivity index (χ1n) is 10.3. The Morgan fingerprint density at radius 2 is 1.84 bits per heavy atom. The molecule has 0 unspecified atom stereocenters. The van der Waals surface area contributed by atoms with Crippen LogP contribution in [0.3, 0.4) is 0 Å². The molecule has 6 heteroatoms. The smallest absolute Gasteiger partial charge is 0.246 e. The van der Waals surface area contributed by atoms with Crippen molar-refractivity contribution in [2.75, 3.05) is 13.6 Å². The van der Waals surface area contributed by atoms with Crippen molar-refractivity contribution in [3.05, 3.63) is 96.5 Å². The number of likely N-dealkylation sites (N-methyl/N-ethyl adjacent to an activating group) is 1. The number of aromatic nitrogens is 4. The summed E-state index contributed by atoms with van der Waals surface area (Å²) in [6.07, 6.45) is 8.74. The highest BCUT2D eigenvalue weighted by Crippen LogP contribution is 2.17. The van der Waals surface area contributed by atoms with Crippen molar-refractivity contribution in [1.82, 2.24) is 24.9 Å². The predicted octanol–water partition coefficient (Wildman–Crippen LogP) is 4.37. The van der Waals surface area contributed by atoms with Crippen LogP contribution >= 0.6 is 0 Å². The molecule has 0 bridgehead atoms. The van der Waals surface area contributed by atoms with Gasteiger partial charge in [-0.25, -0.2) is 4.68 Å². The van der Waals surface area contributed by atoms with Gasteiger partial charge in [-0.05, 0) is 37.1 Å². The minimum absolute atomic E-state index is 0.0259. The van der Waals surface area contributed by atoms with Crippen LogP contribution in [0.25, 0.3) is 23.0 Å². The molecule has 2 aromatic heterocycles. The van der Waals surface area contributed by atoms with Crippen LogP contribution in [0.15, 0.2) is 85.2 Å². The van der Waals surface area contributed by atoms with E-state index in [-0.39, 0.29) is 5.91 Å². The summed E-state index contributed by atoms with van der Waals surface area (Å²) in [7, 11) is 1.82. The summed E-state index contributed by atoms with van der Waals surface area (Å²) in [6, 6.07) is 22.0. The summed E-state index contributed by atoms with van der Waals surface area (Å²) in [5.41, 5.74) is 4.98. The third kappa shape index (κ3) is 5.36. The second kappa shape index (κ2) is 9.71. The lowest BCUT2D eigenvalue weighted by atomic mass is 10.1. The molecule has 0 aliphatic rings. The lowest BCUT2D eigenvalue weighted by Gasteiger charge is -2.14. The molecule has 0 aliphatic carbocycles. The molecule has 0 saturated carbocycles. The fourth-order valence-electron chi connectivity index (χ4n) is 3.30. The van der Waals surface area contributed by atoms with E-state index in [0.29, 0.717) is 6.54 Å². The first-order valence-corrected chi connectivity index (χ1v) is 10.3. The number of aryl methyl sites for hydroxylation is 1. The number of carbonyl (C=O) groups is 1. The molecule has 0 saturated heterocycles. The summed E-state index contributed by atoms with van der Waals surface area (Å²) in [6.45, 7) is 0.673. The van der Waals surface area contributed by atoms with Crippen LogP contribution in [0.4, 0.5) is 0 Å². The maximum absolute atomic E-state index is 12.4. The van der Waals surface area contributed by atoms with E-state index in [1.807, 2.05) is 73.9 Å². The van der Waals surface area contributed by atoms with Crippen LogP contribution in [0, 0.1) is 0 Å². The Hall–Kier alpha value is -3.93. The van der Waals surface area contributed by atoms with Gasteiger partial charge in [0.05, 0.1) is 17.6 Å². The molecule has 31 heavy (non-hydrogen) atoms. The SMILES string of the molecule is CN(CCCc1cc(-c2ccccc2)n[nH]1)C(=O)C=Cc1cnn(-c2ccccc2)c1. The van der Waals surface area contributed by atoms with Crippen LogP contribution in [-0.4, -0.2) is 44.4 Å². The lowest BCUT2D eigenvalue weighted by molar-refractivity contribution is -0.124. The molecule has 0 fully saturated rings. The highest BCUT2D eigenvalue weighted by Gasteiger charge is 2.07. The fraction of sp³-hybridized carbons (Fsp3) is 0.160. The van der Waals surface area contributed by atoms with Gasteiger partial charge in [-0.3, -0.25) is 9.89 Å². The van der Waals surface area contributed by atoms with Crippen LogP contribution in [0.1, 0.15) is 17.7 Å². The molecule has 156 valence electrons. The molecule has 1 N–H and O–H groups in total. The Labute approximate surface area is 181 Å². The number of H-pyrrole nitrogens is 1. The Kier molecular flexibility index (Phi) is 6.38. The minimum Gasteiger partial charge on any atom is -0.342 e. The molecule has 2 aromatic carbocycles. The number of hydrogen-bond acceptors (Lipinski definition) is 3. The van der Waals surface area contributed by atoms with Gasteiger partial charge in [-0.1, -0.05) is 48.5 Å². The van der Waals surface area contributed by atoms with Crippen molar-refractivity contribution in [1.29, 1.82) is 0 Å². The van der Waals surface area contributed by atoms with Gasteiger partial charge in [-0.15, -0.1) is 0 Å². The second-order valence-corrected chi connectivity index (χ2v) is 7.39. The van der Waals surface area contributed by atoms with Crippen LogP contribution < -0.4 is 0 Å². The standard InChI is InChI=1S/C25H25N5O/c1-29(16-8-11-22-17-24(28-27-22)21-9-4-2-5-10-21)25(31)15-14-20-18-26-30(19-20)23-12-6-3-7-13-23/h2-7,9-10,12-15,17-19H,8,11,16H2,1H3,(H,27,28). The monoisotopic (exact) mass is 411 g/mol. The van der Waals surface area contributed by atoms with Crippen molar-refractivity contribution in [3.63, 3.8) is 0 Å². The highest BCUT2D eigenvalue weighted by atomic mass is 16.2. The molecule has 0 radical (unpaired) electrons. The third-order valence-corrected chi connectivity index (χ3v) is 5.06. The number of nitrogens with one attached hydrogen (secondary N) is 1. The predicted molar refractivity (Wildman–Crippen MR) is 123 cm³/mol. The Morgan fingerprint density at radius 3 is 2.61 bits per heavy atom. The number of para-hydroxylation sites is 1. The number of hydrogen-bond donors (Lipinski definition) is 1. The van der Waals surface area contributed by atoms with Crippen molar-refractivity contribution in [2.24, 2.45) is 0 Å². The van der Waals surface area contributed by atoms with E-state index in [1.54, 1.807) is 27.9 Å². The summed E-state index contributed by atoms with van der Waals surface area (Å²) in [4.78, 5) is 14.1. The van der Waals surface area contributed by atoms with Gasteiger partial charge in [0.25, 0.3) is 0 Å². The molecule has 2 heterocycles. The van der Waals surface area contributed by atoms with Gasteiger partial charge >= 0.3 is 0 Å². The zero-order valence-electron chi connectivity index (χ0n) is 17.5. The van der Waals surface area contributed by atoms with Gasteiger partial charge in [0.1, 0.15) is 0 Å². The van der Waals surface area contributed by atoms with Crippen LogP contribution in [0.2, 0.25) is 0 Å². The van der Waals surface area contributed by atoms with Crippen molar-refractivity contribution < 1.29 is 4.79 Å². The molecule has 4 rings (SSSR count). The summed E-state index contributed by atoms with van der Waals surface area (Å²) in [5, 5.41) is 11.8. The van der Waals surface area contributed by atoms with Gasteiger partial charge in [0, 0.05) is 42.7 Å². The maximum Gasteiger partial charge on any atom is 0.246 e. The molecular weight excluding hydrogens is 386 g/mol. The maximum atomic E-state index is 12.4. The van der Waals surface area contributed by atoms with Crippen molar-refractivity contribution in [2.45, 2.75) is 12.8 Å². The average molecular weight is 412 g/mol. The second-order valence-electron chi connectivity index (χ2n) is 7.39. The summed E-state index contributed by atoms with van der Waals surface area (Å²) < 4.78 is 1.79. The quantitative estimate of drug-likeness (QED) is 0.438. The normalized spacial score (nSPS) is 11.1. The molecular formula is C25H25N5O. The number of nitrogens with zero attached hydrogens (tertiary/aromatic N) is 4. The number of benzene rings is 2. The van der Waals surface area contributed by atoms with Crippen molar-refractivity contribution >= 4 is 12.0 Å². The van der Waals surface area contributed by atoms with Gasteiger partial charge in [0.2, 0.25) is 5.91 Å². The number of rotatable bonds is 8. The lowest BCUT2D eigenvalue weighted by Crippen LogP contribution is -2.26. The third-order valence-electron chi connectivity index (χ3n) is 5.06. The zero-order valence-corrected chi connectivity index (χ0v) is 17.5. The number of aromatic amines is 1. The number of carbonyl (C=O) groups excluding carboxylic acids is 1. The van der Waals surface area contributed by atoms with E-state index in [1.165, 1.54) is 0 Å². The van der Waals surface area contributed by atoms with E-state index in [4.69, 9.17) is 0 Å². The van der Waals surface area contributed by atoms with E-state index in [9.17, 15) is 4.79 Å². The minimum atomic E-state index is -0.0259. The van der Waals surface area contributed by atoms with E-state index in [0.717, 1.165) is 41.0 Å². The summed E-state index contributed by atoms with van der Waals surface area (Å²) >= 11 is 0. The summed E-state index contributed by atoms with van der Waals surface area (Å²) in [5.74, 6) is -0.0259. The van der Waals surface area contributed by atoms with Crippen LogP contribution in [0.5, 0.6) is 0 Å². The van der Waals surface area contributed by atoms with Gasteiger partial charge in [0.15, 0.2) is 0 Å². The molecule has 6 nitrogen and oxygen atoms in total. The first kappa shape index (κ1) is 20.3. The number of amides is 1. The van der Waals surface area contributed by atoms with E-state index < -0.39 is 0 Å². The molecule has 0 spiro atoms. The van der Waals surface area contributed by atoms with Crippen LogP contribution in [-0.2, 0) is 11.2 Å². The van der Waals surface area contributed by atoms with E-state index in [2.05, 4.69) is 21.4 Å². The van der Waals surface area contributed by atoms with Gasteiger partial charge < -0.3 is 4.90 Å². The fourth-order valence-corrected chi connectivity index (χ4v) is 3.30. The molecule has 0 aliphatic heterocycles. The first-order chi connectivity index (χ1) is 15.2. The van der Waals surface area contributed by atoms with Gasteiger partial charge in [-0.2, -0.15) is 10.2 Å². The zero-order chi connectivity index (χ0) is 21.5. The highest BCUT2D eigenvalue weighted by molar-refractivity contribution is 5.91. The molecule has 4 aromatic rings. The topological polar surface area (TPSA) is 66.8 Å². The average Bonchev–Trinajstić information content (AvgIpc) is 3.48. The Bertz CT molecular complexity index is 1140. The Morgan fingerprint density at radius 1 is 1.10 bits per heavy atom. The largest absolute Gasteiger partial charge is 0.342 e. The molecule has 0 atom stereocenters.